The minimum atomic E-state index is -4.12. The molecule has 0 saturated heterocycles. The molecule has 0 aliphatic rings. The summed E-state index contributed by atoms with van der Waals surface area (Å²) in [5, 5.41) is 21.0. The number of carbonyl (C=O) groups is 1. The maximum Gasteiger partial charge on any atom is 0.364 e. The Morgan fingerprint density at radius 2 is 1.62 bits per heavy atom. The van der Waals surface area contributed by atoms with Crippen LogP contribution in [0.25, 0.3) is 10.9 Å². The smallest absolute Gasteiger partial charge is 0.364 e. The first-order valence-electron chi connectivity index (χ1n) is 8.26. The van der Waals surface area contributed by atoms with Crippen LogP contribution in [0.5, 0.6) is 0 Å². The van der Waals surface area contributed by atoms with Gasteiger partial charge in [0.25, 0.3) is 0 Å². The number of nitrogens with one attached hydrogen (secondary N) is 1. The molecule has 26 heavy (non-hydrogen) atoms. The number of aromatic amines is 1. The van der Waals surface area contributed by atoms with E-state index >= 15 is 0 Å². The van der Waals surface area contributed by atoms with Gasteiger partial charge in [-0.15, -0.1) is 0 Å². The largest absolute Gasteiger partial charge is 0.478 e. The van der Waals surface area contributed by atoms with Gasteiger partial charge in [0.1, 0.15) is 0 Å². The van der Waals surface area contributed by atoms with Crippen molar-refractivity contribution in [2.45, 2.75) is 58.6 Å². The number of H-pyrrole nitrogens is 1. The van der Waals surface area contributed by atoms with Gasteiger partial charge in [0.15, 0.2) is 5.85 Å². The molecule has 2 aromatic rings. The second-order valence-corrected chi connectivity index (χ2v) is 10.0. The number of carboxylic acids is 1. The molecule has 8 heteroatoms. The molecule has 1 unspecified atom stereocenters. The fourth-order valence-electron chi connectivity index (χ4n) is 2.66. The SMILES string of the molecule is CC(C)(C)OP(=O)(OC(C)(C)C)C(O)c1ccc2[nH]ccc2c1C(=O)O. The van der Waals surface area contributed by atoms with Crippen molar-refractivity contribution in [2.24, 2.45) is 0 Å². The quantitative estimate of drug-likeness (QED) is 0.647. The van der Waals surface area contributed by atoms with E-state index in [-0.39, 0.29) is 11.1 Å². The normalized spacial score (nSPS) is 14.6. The Kier molecular flexibility index (Phi) is 5.41. The number of aliphatic hydroxyl groups is 1. The van der Waals surface area contributed by atoms with Crippen LogP contribution in [-0.2, 0) is 13.6 Å². The molecule has 0 spiro atoms. The second-order valence-electron chi connectivity index (χ2n) is 8.09. The predicted octanol–water partition coefficient (Wildman–Crippen LogP) is 4.68. The van der Waals surface area contributed by atoms with Gasteiger partial charge >= 0.3 is 13.6 Å². The Hall–Kier alpha value is -1.66. The number of aromatic nitrogens is 1. The van der Waals surface area contributed by atoms with Crippen LogP contribution in [0.3, 0.4) is 0 Å². The summed E-state index contributed by atoms with van der Waals surface area (Å²) in [7, 11) is -4.12. The topological polar surface area (TPSA) is 109 Å². The number of hydrogen-bond acceptors (Lipinski definition) is 5. The zero-order valence-electron chi connectivity index (χ0n) is 15.9. The molecule has 1 aromatic carbocycles. The average Bonchev–Trinajstić information content (AvgIpc) is 2.88. The van der Waals surface area contributed by atoms with Crippen LogP contribution in [0.1, 0.15) is 63.3 Å². The summed E-state index contributed by atoms with van der Waals surface area (Å²) in [4.78, 5) is 14.8. The van der Waals surface area contributed by atoms with Gasteiger partial charge in [-0.25, -0.2) is 4.79 Å². The molecule has 2 rings (SSSR count). The number of aliphatic hydroxyl groups excluding tert-OH is 1. The predicted molar refractivity (Wildman–Crippen MR) is 99.5 cm³/mol. The second kappa shape index (κ2) is 6.82. The summed E-state index contributed by atoms with van der Waals surface area (Å²) in [5.41, 5.74) is -1.29. The lowest BCUT2D eigenvalue weighted by Crippen LogP contribution is -2.26. The van der Waals surface area contributed by atoms with Crippen LogP contribution >= 0.6 is 7.60 Å². The molecule has 1 atom stereocenters. The Morgan fingerprint density at radius 1 is 1.08 bits per heavy atom. The van der Waals surface area contributed by atoms with Crippen molar-refractivity contribution in [3.63, 3.8) is 0 Å². The van der Waals surface area contributed by atoms with Gasteiger partial charge in [-0.05, 0) is 53.7 Å². The van der Waals surface area contributed by atoms with E-state index in [0.717, 1.165) is 0 Å². The van der Waals surface area contributed by atoms with Crippen LogP contribution in [-0.4, -0.2) is 32.4 Å². The molecule has 7 nitrogen and oxygen atoms in total. The molecule has 0 bridgehead atoms. The standard InChI is InChI=1S/C18H26NO6P/c1-17(2,3)24-26(23,25-18(4,5)6)16(22)12-7-8-13-11(9-10-19-13)14(12)15(20)21/h7-10,16,19,22H,1-6H3,(H,20,21). The first-order valence-corrected chi connectivity index (χ1v) is 9.87. The van der Waals surface area contributed by atoms with Crippen molar-refractivity contribution >= 4 is 24.5 Å². The third-order valence-electron chi connectivity index (χ3n) is 3.36. The van der Waals surface area contributed by atoms with E-state index in [1.807, 2.05) is 0 Å². The monoisotopic (exact) mass is 383 g/mol. The van der Waals surface area contributed by atoms with Crippen LogP contribution in [0.2, 0.25) is 0 Å². The first-order chi connectivity index (χ1) is 11.7. The third kappa shape index (κ3) is 4.54. The molecule has 0 amide bonds. The molecule has 0 radical (unpaired) electrons. The van der Waals surface area contributed by atoms with E-state index < -0.39 is 30.6 Å². The molecule has 1 heterocycles. The van der Waals surface area contributed by atoms with E-state index in [4.69, 9.17) is 9.05 Å². The summed E-state index contributed by atoms with van der Waals surface area (Å²) in [6.07, 6.45) is 1.60. The molecule has 3 N–H and O–H groups in total. The highest BCUT2D eigenvalue weighted by Gasteiger charge is 2.44. The minimum absolute atomic E-state index is 0.0126. The van der Waals surface area contributed by atoms with Gasteiger partial charge in [0.2, 0.25) is 0 Å². The zero-order chi connectivity index (χ0) is 19.9. The Morgan fingerprint density at radius 3 is 2.08 bits per heavy atom. The van der Waals surface area contributed by atoms with Crippen LogP contribution in [0, 0.1) is 0 Å². The van der Waals surface area contributed by atoms with Gasteiger partial charge in [-0.2, -0.15) is 0 Å². The molecule has 0 aliphatic heterocycles. The van der Waals surface area contributed by atoms with Gasteiger partial charge in [-0.3, -0.25) is 4.57 Å². The summed E-state index contributed by atoms with van der Waals surface area (Å²) in [6.45, 7) is 10.1. The lowest BCUT2D eigenvalue weighted by molar-refractivity contribution is 0.0270. The van der Waals surface area contributed by atoms with Crippen molar-refractivity contribution in [3.8, 4) is 0 Å². The fourth-order valence-corrected chi connectivity index (χ4v) is 4.98. The van der Waals surface area contributed by atoms with Crippen molar-refractivity contribution in [1.29, 1.82) is 0 Å². The number of hydrogen-bond donors (Lipinski definition) is 3. The van der Waals surface area contributed by atoms with Gasteiger partial charge in [0, 0.05) is 22.7 Å². The Labute approximate surface area is 152 Å². The maximum absolute atomic E-state index is 13.5. The summed E-state index contributed by atoms with van der Waals surface area (Å²) < 4.78 is 24.8. The fraction of sp³-hybridized carbons (Fsp3) is 0.500. The number of benzene rings is 1. The van der Waals surface area contributed by atoms with E-state index in [1.54, 1.807) is 59.9 Å². The van der Waals surface area contributed by atoms with E-state index in [0.29, 0.717) is 10.9 Å². The maximum atomic E-state index is 13.5. The van der Waals surface area contributed by atoms with E-state index in [9.17, 15) is 19.6 Å². The summed E-state index contributed by atoms with van der Waals surface area (Å²) in [5.74, 6) is -2.98. The summed E-state index contributed by atoms with van der Waals surface area (Å²) in [6, 6.07) is 4.64. The Bertz CT molecular complexity index is 839. The molecule has 0 fully saturated rings. The zero-order valence-corrected chi connectivity index (χ0v) is 16.8. The van der Waals surface area contributed by atoms with Gasteiger partial charge in [-0.1, -0.05) is 6.07 Å². The van der Waals surface area contributed by atoms with Crippen molar-refractivity contribution < 1.29 is 28.6 Å². The molecular formula is C18H26NO6P. The lowest BCUT2D eigenvalue weighted by atomic mass is 10.0. The van der Waals surface area contributed by atoms with Crippen molar-refractivity contribution in [1.82, 2.24) is 4.98 Å². The lowest BCUT2D eigenvalue weighted by Gasteiger charge is -2.34. The first kappa shape index (κ1) is 20.6. The summed E-state index contributed by atoms with van der Waals surface area (Å²) >= 11 is 0. The van der Waals surface area contributed by atoms with Crippen LogP contribution in [0.4, 0.5) is 0 Å². The highest BCUT2D eigenvalue weighted by molar-refractivity contribution is 7.54. The van der Waals surface area contributed by atoms with Gasteiger partial charge < -0.3 is 24.2 Å². The van der Waals surface area contributed by atoms with Crippen LogP contribution in [0.15, 0.2) is 24.4 Å². The Balaban J connectivity index is 2.63. The van der Waals surface area contributed by atoms with Crippen molar-refractivity contribution in [3.05, 3.63) is 35.5 Å². The number of carboxylic acid groups (broad SMARTS) is 1. The van der Waals surface area contributed by atoms with E-state index in [1.165, 1.54) is 6.07 Å². The number of aromatic carboxylic acids is 1. The number of rotatable bonds is 5. The minimum Gasteiger partial charge on any atom is -0.478 e. The van der Waals surface area contributed by atoms with Crippen molar-refractivity contribution in [2.75, 3.05) is 0 Å². The highest BCUT2D eigenvalue weighted by Crippen LogP contribution is 2.64. The molecular weight excluding hydrogens is 357 g/mol. The molecule has 0 saturated carbocycles. The number of fused-ring (bicyclic) bond motifs is 1. The molecule has 144 valence electrons. The molecule has 1 aromatic heterocycles. The highest BCUT2D eigenvalue weighted by atomic mass is 31.2. The van der Waals surface area contributed by atoms with Gasteiger partial charge in [0.05, 0.1) is 16.8 Å². The average molecular weight is 383 g/mol. The molecule has 0 aliphatic carbocycles. The van der Waals surface area contributed by atoms with E-state index in [2.05, 4.69) is 4.98 Å². The third-order valence-corrected chi connectivity index (χ3v) is 5.84. The van der Waals surface area contributed by atoms with Crippen LogP contribution < -0.4 is 0 Å².